The van der Waals surface area contributed by atoms with Crippen LogP contribution in [-0.2, 0) is 10.0 Å². The average Bonchev–Trinajstić information content (AvgIpc) is 2.55. The summed E-state index contributed by atoms with van der Waals surface area (Å²) < 4.78 is 27.6. The Kier molecular flexibility index (Phi) is 3.86. The Labute approximate surface area is 130 Å². The SMILES string of the molecule is CCN(c1ccccc1)S(=O)(=O)c1cccc2ccccc12. The second-order valence-electron chi connectivity index (χ2n) is 4.98. The van der Waals surface area contributed by atoms with Crippen molar-refractivity contribution in [3.8, 4) is 0 Å². The Morgan fingerprint density at radius 1 is 0.818 bits per heavy atom. The molecule has 0 unspecified atom stereocenters. The molecule has 3 rings (SSSR count). The van der Waals surface area contributed by atoms with Crippen LogP contribution in [0.15, 0.2) is 77.7 Å². The molecule has 0 saturated carbocycles. The van der Waals surface area contributed by atoms with Gasteiger partial charge in [-0.25, -0.2) is 8.42 Å². The molecular weight excluding hydrogens is 294 g/mol. The van der Waals surface area contributed by atoms with E-state index in [1.54, 1.807) is 12.1 Å². The fraction of sp³-hybridized carbons (Fsp3) is 0.111. The molecule has 0 heterocycles. The van der Waals surface area contributed by atoms with Gasteiger partial charge in [-0.2, -0.15) is 0 Å². The molecule has 0 fully saturated rings. The molecule has 0 amide bonds. The van der Waals surface area contributed by atoms with Crippen molar-refractivity contribution < 1.29 is 8.42 Å². The summed E-state index contributed by atoms with van der Waals surface area (Å²) in [6, 6.07) is 22.1. The van der Waals surface area contributed by atoms with Crippen molar-refractivity contribution in [3.63, 3.8) is 0 Å². The molecule has 3 aromatic rings. The van der Waals surface area contributed by atoms with Gasteiger partial charge < -0.3 is 0 Å². The minimum Gasteiger partial charge on any atom is -0.267 e. The van der Waals surface area contributed by atoms with E-state index in [1.165, 1.54) is 4.31 Å². The van der Waals surface area contributed by atoms with E-state index in [-0.39, 0.29) is 0 Å². The minimum absolute atomic E-state index is 0.344. The van der Waals surface area contributed by atoms with Gasteiger partial charge in [0.05, 0.1) is 10.6 Å². The van der Waals surface area contributed by atoms with E-state index in [9.17, 15) is 8.42 Å². The van der Waals surface area contributed by atoms with Crippen LogP contribution in [0.2, 0.25) is 0 Å². The number of fused-ring (bicyclic) bond motifs is 1. The number of para-hydroxylation sites is 1. The molecular formula is C18H17NO2S. The summed E-state index contributed by atoms with van der Waals surface area (Å²) in [4.78, 5) is 0.344. The first-order valence-electron chi connectivity index (χ1n) is 7.20. The summed E-state index contributed by atoms with van der Waals surface area (Å²) in [5, 5.41) is 1.67. The van der Waals surface area contributed by atoms with E-state index < -0.39 is 10.0 Å². The highest BCUT2D eigenvalue weighted by Crippen LogP contribution is 2.28. The van der Waals surface area contributed by atoms with E-state index in [0.717, 1.165) is 10.8 Å². The second-order valence-corrected chi connectivity index (χ2v) is 6.81. The van der Waals surface area contributed by atoms with Crippen LogP contribution in [-0.4, -0.2) is 15.0 Å². The number of anilines is 1. The van der Waals surface area contributed by atoms with Crippen LogP contribution in [0.4, 0.5) is 5.69 Å². The van der Waals surface area contributed by atoms with Gasteiger partial charge in [0.2, 0.25) is 0 Å². The Morgan fingerprint density at radius 2 is 1.45 bits per heavy atom. The third-order valence-electron chi connectivity index (χ3n) is 3.65. The molecule has 0 spiro atoms. The lowest BCUT2D eigenvalue weighted by Crippen LogP contribution is -2.30. The number of hydrogen-bond acceptors (Lipinski definition) is 2. The lowest BCUT2D eigenvalue weighted by Gasteiger charge is -2.23. The van der Waals surface area contributed by atoms with Crippen molar-refractivity contribution in [2.24, 2.45) is 0 Å². The predicted molar refractivity (Wildman–Crippen MR) is 90.6 cm³/mol. The largest absolute Gasteiger partial charge is 0.267 e. The van der Waals surface area contributed by atoms with E-state index in [1.807, 2.05) is 67.6 Å². The molecule has 0 atom stereocenters. The number of sulfonamides is 1. The Hall–Kier alpha value is -2.33. The molecule has 0 aromatic heterocycles. The topological polar surface area (TPSA) is 37.4 Å². The van der Waals surface area contributed by atoms with Crippen LogP contribution in [0.3, 0.4) is 0 Å². The zero-order chi connectivity index (χ0) is 15.6. The Bertz CT molecular complexity index is 884. The van der Waals surface area contributed by atoms with Crippen LogP contribution < -0.4 is 4.31 Å². The molecule has 0 saturated heterocycles. The van der Waals surface area contributed by atoms with Gasteiger partial charge >= 0.3 is 0 Å². The highest BCUT2D eigenvalue weighted by atomic mass is 32.2. The van der Waals surface area contributed by atoms with Crippen molar-refractivity contribution in [2.75, 3.05) is 10.8 Å². The number of hydrogen-bond donors (Lipinski definition) is 0. The van der Waals surface area contributed by atoms with E-state index in [2.05, 4.69) is 0 Å². The van der Waals surface area contributed by atoms with Gasteiger partial charge in [-0.1, -0.05) is 54.6 Å². The summed E-state index contributed by atoms with van der Waals surface area (Å²) in [5.41, 5.74) is 0.679. The third kappa shape index (κ3) is 2.46. The zero-order valence-corrected chi connectivity index (χ0v) is 13.1. The van der Waals surface area contributed by atoms with Gasteiger partial charge in [-0.15, -0.1) is 0 Å². The molecule has 0 bridgehead atoms. The lowest BCUT2D eigenvalue weighted by molar-refractivity contribution is 0.593. The average molecular weight is 311 g/mol. The first-order chi connectivity index (χ1) is 10.6. The van der Waals surface area contributed by atoms with E-state index in [0.29, 0.717) is 17.1 Å². The summed E-state index contributed by atoms with van der Waals surface area (Å²) in [5.74, 6) is 0. The summed E-state index contributed by atoms with van der Waals surface area (Å²) >= 11 is 0. The Balaban J connectivity index is 2.19. The number of nitrogens with zero attached hydrogens (tertiary/aromatic N) is 1. The maximum absolute atomic E-state index is 13.1. The first kappa shape index (κ1) is 14.6. The maximum atomic E-state index is 13.1. The van der Waals surface area contributed by atoms with Crippen molar-refractivity contribution >= 4 is 26.5 Å². The summed E-state index contributed by atoms with van der Waals surface area (Å²) in [6.07, 6.45) is 0. The van der Waals surface area contributed by atoms with Gasteiger partial charge in [-0.3, -0.25) is 4.31 Å². The minimum atomic E-state index is -3.60. The van der Waals surface area contributed by atoms with Gasteiger partial charge in [-0.05, 0) is 30.5 Å². The van der Waals surface area contributed by atoms with Gasteiger partial charge in [0.1, 0.15) is 0 Å². The molecule has 4 heteroatoms. The quantitative estimate of drug-likeness (QED) is 0.729. The third-order valence-corrected chi connectivity index (χ3v) is 5.61. The monoisotopic (exact) mass is 311 g/mol. The zero-order valence-electron chi connectivity index (χ0n) is 12.3. The molecule has 0 aliphatic heterocycles. The maximum Gasteiger partial charge on any atom is 0.264 e. The smallest absolute Gasteiger partial charge is 0.264 e. The van der Waals surface area contributed by atoms with Crippen LogP contribution >= 0.6 is 0 Å². The highest BCUT2D eigenvalue weighted by Gasteiger charge is 2.25. The standard InChI is InChI=1S/C18H17NO2S/c1-2-19(16-11-4-3-5-12-16)22(20,21)18-14-8-10-15-9-6-7-13-17(15)18/h3-14H,2H2,1H3. The highest BCUT2D eigenvalue weighted by molar-refractivity contribution is 7.93. The second kappa shape index (κ2) is 5.81. The molecule has 22 heavy (non-hydrogen) atoms. The molecule has 0 N–H and O–H groups in total. The fourth-order valence-corrected chi connectivity index (χ4v) is 4.32. The Morgan fingerprint density at radius 3 is 2.18 bits per heavy atom. The van der Waals surface area contributed by atoms with Crippen LogP contribution in [0.1, 0.15) is 6.92 Å². The predicted octanol–water partition coefficient (Wildman–Crippen LogP) is 4.06. The summed E-state index contributed by atoms with van der Waals surface area (Å²) in [6.45, 7) is 2.23. The number of benzene rings is 3. The molecule has 3 aromatic carbocycles. The normalized spacial score (nSPS) is 11.5. The fourth-order valence-electron chi connectivity index (χ4n) is 2.62. The van der Waals surface area contributed by atoms with Crippen molar-refractivity contribution in [3.05, 3.63) is 72.8 Å². The van der Waals surface area contributed by atoms with Crippen LogP contribution in [0.5, 0.6) is 0 Å². The van der Waals surface area contributed by atoms with Gasteiger partial charge in [0.15, 0.2) is 0 Å². The van der Waals surface area contributed by atoms with E-state index >= 15 is 0 Å². The first-order valence-corrected chi connectivity index (χ1v) is 8.64. The molecule has 0 aliphatic rings. The van der Waals surface area contributed by atoms with Crippen molar-refractivity contribution in [1.82, 2.24) is 0 Å². The lowest BCUT2D eigenvalue weighted by atomic mass is 10.1. The van der Waals surface area contributed by atoms with Crippen molar-refractivity contribution in [1.29, 1.82) is 0 Å². The molecule has 0 aliphatic carbocycles. The van der Waals surface area contributed by atoms with Crippen molar-refractivity contribution in [2.45, 2.75) is 11.8 Å². The summed E-state index contributed by atoms with van der Waals surface area (Å²) in [7, 11) is -3.60. The number of rotatable bonds is 4. The van der Waals surface area contributed by atoms with Crippen LogP contribution in [0.25, 0.3) is 10.8 Å². The van der Waals surface area contributed by atoms with E-state index in [4.69, 9.17) is 0 Å². The van der Waals surface area contributed by atoms with Gasteiger partial charge in [0.25, 0.3) is 10.0 Å². The molecule has 3 nitrogen and oxygen atoms in total. The van der Waals surface area contributed by atoms with Gasteiger partial charge in [0, 0.05) is 11.9 Å². The molecule has 0 radical (unpaired) electrons. The van der Waals surface area contributed by atoms with Crippen LogP contribution in [0, 0.1) is 0 Å². The molecule has 112 valence electrons.